The molecule has 0 aliphatic carbocycles. The predicted octanol–water partition coefficient (Wildman–Crippen LogP) is -1.05. The molecule has 4 atom stereocenters. The summed E-state index contributed by atoms with van der Waals surface area (Å²) in [6, 6.07) is 0.959. The Bertz CT molecular complexity index is 872. The number of phenolic OH excluding ortho intramolecular Hbond substituents is 1. The van der Waals surface area contributed by atoms with E-state index in [4.69, 9.17) is 15.9 Å². The number of nitrogens with two attached hydrogens (primary N) is 1. The molecule has 0 fully saturated rings. The summed E-state index contributed by atoms with van der Waals surface area (Å²) in [6.45, 7) is 4.46. The molecule has 33 heavy (non-hydrogen) atoms. The third kappa shape index (κ3) is 9.15. The van der Waals surface area contributed by atoms with E-state index in [-0.39, 0.29) is 12.2 Å². The van der Waals surface area contributed by atoms with E-state index in [1.807, 2.05) is 0 Å². The van der Waals surface area contributed by atoms with Crippen molar-refractivity contribution in [3.05, 3.63) is 29.8 Å². The van der Waals surface area contributed by atoms with Crippen LogP contribution in [0.5, 0.6) is 5.75 Å². The number of carbonyl (C=O) groups is 5. The van der Waals surface area contributed by atoms with Crippen LogP contribution in [-0.4, -0.2) is 69.1 Å². The average molecular weight is 466 g/mol. The van der Waals surface area contributed by atoms with Crippen LogP contribution in [0.4, 0.5) is 0 Å². The van der Waals surface area contributed by atoms with E-state index in [0.717, 1.165) is 0 Å². The Morgan fingerprint density at radius 3 is 1.94 bits per heavy atom. The molecule has 0 aromatic heterocycles. The van der Waals surface area contributed by atoms with Crippen molar-refractivity contribution in [1.82, 2.24) is 16.0 Å². The first-order chi connectivity index (χ1) is 15.3. The van der Waals surface area contributed by atoms with Crippen LogP contribution in [0.25, 0.3) is 0 Å². The number of carboxylic acid groups (broad SMARTS) is 2. The first kappa shape index (κ1) is 27.4. The molecular formula is C21H30N4O8. The predicted molar refractivity (Wildman–Crippen MR) is 116 cm³/mol. The minimum atomic E-state index is -1.52. The Labute approximate surface area is 190 Å². The number of hydrogen-bond acceptors (Lipinski definition) is 7. The van der Waals surface area contributed by atoms with Crippen LogP contribution in [0.1, 0.15) is 32.8 Å². The van der Waals surface area contributed by atoms with E-state index < -0.39 is 66.2 Å². The van der Waals surface area contributed by atoms with Gasteiger partial charge in [-0.25, -0.2) is 0 Å². The molecule has 3 amide bonds. The van der Waals surface area contributed by atoms with Crippen molar-refractivity contribution in [2.45, 2.75) is 57.8 Å². The van der Waals surface area contributed by atoms with Gasteiger partial charge in [0, 0.05) is 0 Å². The molecule has 1 aromatic carbocycles. The minimum Gasteiger partial charge on any atom is -0.508 e. The van der Waals surface area contributed by atoms with Crippen LogP contribution in [0, 0.1) is 5.92 Å². The van der Waals surface area contributed by atoms with E-state index in [1.165, 1.54) is 19.1 Å². The van der Waals surface area contributed by atoms with E-state index in [0.29, 0.717) is 5.56 Å². The maximum absolute atomic E-state index is 12.7. The first-order valence-corrected chi connectivity index (χ1v) is 10.2. The lowest BCUT2D eigenvalue weighted by molar-refractivity contribution is -0.143. The number of rotatable bonds is 12. The van der Waals surface area contributed by atoms with Crippen LogP contribution in [0.3, 0.4) is 0 Å². The second kappa shape index (κ2) is 12.4. The highest BCUT2D eigenvalue weighted by Gasteiger charge is 2.32. The number of carboxylic acids is 2. The summed E-state index contributed by atoms with van der Waals surface area (Å²) in [5, 5.41) is 34.3. The fourth-order valence-electron chi connectivity index (χ4n) is 2.80. The van der Waals surface area contributed by atoms with Gasteiger partial charge in [-0.1, -0.05) is 26.0 Å². The zero-order valence-corrected chi connectivity index (χ0v) is 18.6. The van der Waals surface area contributed by atoms with Gasteiger partial charge in [0.1, 0.15) is 23.9 Å². The number of aliphatic carboxylic acids is 2. The van der Waals surface area contributed by atoms with Gasteiger partial charge >= 0.3 is 11.9 Å². The Morgan fingerprint density at radius 1 is 0.879 bits per heavy atom. The summed E-state index contributed by atoms with van der Waals surface area (Å²) in [5.74, 6) is -5.54. The Balaban J connectivity index is 2.89. The van der Waals surface area contributed by atoms with Crippen molar-refractivity contribution in [2.24, 2.45) is 11.7 Å². The third-order valence-corrected chi connectivity index (χ3v) is 4.72. The molecule has 1 aromatic rings. The largest absolute Gasteiger partial charge is 0.508 e. The molecule has 0 aliphatic heterocycles. The molecule has 0 radical (unpaired) electrons. The topological polar surface area (TPSA) is 208 Å². The normalized spacial score (nSPS) is 14.5. The zero-order chi connectivity index (χ0) is 25.3. The van der Waals surface area contributed by atoms with Crippen LogP contribution in [0.15, 0.2) is 24.3 Å². The molecule has 1 rings (SSSR count). The van der Waals surface area contributed by atoms with Crippen LogP contribution in [0.2, 0.25) is 0 Å². The third-order valence-electron chi connectivity index (χ3n) is 4.72. The summed E-state index contributed by atoms with van der Waals surface area (Å²) in [4.78, 5) is 59.8. The lowest BCUT2D eigenvalue weighted by Crippen LogP contribution is -2.58. The van der Waals surface area contributed by atoms with Crippen molar-refractivity contribution in [1.29, 1.82) is 0 Å². The highest BCUT2D eigenvalue weighted by Crippen LogP contribution is 2.11. The van der Waals surface area contributed by atoms with Gasteiger partial charge in [0.05, 0.1) is 12.5 Å². The van der Waals surface area contributed by atoms with Crippen molar-refractivity contribution in [2.75, 3.05) is 0 Å². The quantitative estimate of drug-likeness (QED) is 0.200. The Hall–Kier alpha value is -3.67. The summed E-state index contributed by atoms with van der Waals surface area (Å²) in [5.41, 5.74) is 6.51. The Kier molecular flexibility index (Phi) is 10.3. The monoisotopic (exact) mass is 466 g/mol. The fourth-order valence-corrected chi connectivity index (χ4v) is 2.80. The first-order valence-electron chi connectivity index (χ1n) is 10.2. The van der Waals surface area contributed by atoms with E-state index >= 15 is 0 Å². The molecule has 0 bridgehead atoms. The van der Waals surface area contributed by atoms with Crippen molar-refractivity contribution >= 4 is 29.7 Å². The molecule has 12 heteroatoms. The summed E-state index contributed by atoms with van der Waals surface area (Å²) >= 11 is 0. The van der Waals surface area contributed by atoms with E-state index in [2.05, 4.69) is 16.0 Å². The number of phenols is 1. The number of amides is 3. The number of hydrogen-bond donors (Lipinski definition) is 7. The van der Waals surface area contributed by atoms with Crippen LogP contribution < -0.4 is 21.7 Å². The maximum Gasteiger partial charge on any atom is 0.325 e. The Morgan fingerprint density at radius 2 is 1.45 bits per heavy atom. The highest BCUT2D eigenvalue weighted by atomic mass is 16.4. The maximum atomic E-state index is 12.7. The number of carbonyl (C=O) groups excluding carboxylic acids is 3. The second-order valence-corrected chi connectivity index (χ2v) is 7.93. The van der Waals surface area contributed by atoms with Gasteiger partial charge in [0.15, 0.2) is 0 Å². The molecule has 12 nitrogen and oxygen atoms in total. The van der Waals surface area contributed by atoms with Gasteiger partial charge < -0.3 is 37.0 Å². The molecule has 0 saturated carbocycles. The van der Waals surface area contributed by atoms with Gasteiger partial charge in [0.25, 0.3) is 0 Å². The summed E-state index contributed by atoms with van der Waals surface area (Å²) < 4.78 is 0. The van der Waals surface area contributed by atoms with Gasteiger partial charge in [-0.3, -0.25) is 24.0 Å². The molecule has 8 N–H and O–H groups in total. The van der Waals surface area contributed by atoms with E-state index in [1.54, 1.807) is 26.0 Å². The zero-order valence-electron chi connectivity index (χ0n) is 18.6. The fraction of sp³-hybridized carbons (Fsp3) is 0.476. The molecule has 182 valence electrons. The van der Waals surface area contributed by atoms with Crippen molar-refractivity contribution in [3.63, 3.8) is 0 Å². The molecule has 0 spiro atoms. The van der Waals surface area contributed by atoms with Crippen molar-refractivity contribution < 1.29 is 39.3 Å². The van der Waals surface area contributed by atoms with Gasteiger partial charge in [-0.2, -0.15) is 0 Å². The number of nitrogens with one attached hydrogen (secondary N) is 3. The van der Waals surface area contributed by atoms with Gasteiger partial charge in [0.2, 0.25) is 17.7 Å². The van der Waals surface area contributed by atoms with Crippen LogP contribution >= 0.6 is 0 Å². The molecule has 0 aliphatic rings. The lowest BCUT2D eigenvalue weighted by atomic mass is 10.0. The molecule has 0 heterocycles. The van der Waals surface area contributed by atoms with Gasteiger partial charge in [-0.05, 0) is 37.0 Å². The smallest absolute Gasteiger partial charge is 0.325 e. The second-order valence-electron chi connectivity index (χ2n) is 7.93. The van der Waals surface area contributed by atoms with E-state index in [9.17, 15) is 29.1 Å². The molecular weight excluding hydrogens is 436 g/mol. The number of benzene rings is 1. The molecule has 4 unspecified atom stereocenters. The summed E-state index contributed by atoms with van der Waals surface area (Å²) in [7, 11) is 0. The lowest BCUT2D eigenvalue weighted by Gasteiger charge is -2.26. The van der Waals surface area contributed by atoms with Gasteiger partial charge in [-0.15, -0.1) is 0 Å². The highest BCUT2D eigenvalue weighted by molar-refractivity contribution is 5.95. The van der Waals surface area contributed by atoms with Crippen molar-refractivity contribution in [3.8, 4) is 5.75 Å². The molecule has 0 saturated heterocycles. The minimum absolute atomic E-state index is 0.0384. The SMILES string of the molecule is CC(NC(=O)C(NC(=O)C(CC(=O)O)NC(=O)C(N)Cc1ccc(O)cc1)C(C)C)C(=O)O. The van der Waals surface area contributed by atoms with Crippen LogP contribution in [-0.2, 0) is 30.4 Å². The number of aromatic hydroxyl groups is 1. The average Bonchev–Trinajstić information content (AvgIpc) is 2.71. The standard InChI is InChI=1S/C21H30N4O8/c1-10(2)17(20(31)23-11(3)21(32)33)25-19(30)15(9-16(27)28)24-18(29)14(22)8-12-4-6-13(26)7-5-12/h4-7,10-11,14-15,17,26H,8-9,22H2,1-3H3,(H,23,31)(H,24,29)(H,25,30)(H,27,28)(H,32,33). The summed E-state index contributed by atoms with van der Waals surface area (Å²) in [6.07, 6.45) is -0.695.